The van der Waals surface area contributed by atoms with Crippen molar-refractivity contribution in [2.24, 2.45) is 11.3 Å². The van der Waals surface area contributed by atoms with Gasteiger partial charge in [-0.15, -0.1) is 0 Å². The first kappa shape index (κ1) is 10.4. The molecule has 0 atom stereocenters. The summed E-state index contributed by atoms with van der Waals surface area (Å²) >= 11 is 5.08. The van der Waals surface area contributed by atoms with Gasteiger partial charge in [-0.05, 0) is 23.6 Å². The van der Waals surface area contributed by atoms with Crippen molar-refractivity contribution in [3.8, 4) is 0 Å². The Morgan fingerprint density at radius 2 is 2.23 bits per heavy atom. The van der Waals surface area contributed by atoms with Crippen LogP contribution in [0.4, 0.5) is 0 Å². The predicted octanol–water partition coefficient (Wildman–Crippen LogP) is 2.62. The average molecular weight is 199 g/mol. The number of hydrogen-bond donors (Lipinski definition) is 1. The molecule has 1 heterocycles. The van der Waals surface area contributed by atoms with Crippen LogP contribution < -0.4 is 0 Å². The molecule has 13 heavy (non-hydrogen) atoms. The molecule has 0 unspecified atom stereocenters. The van der Waals surface area contributed by atoms with Crippen molar-refractivity contribution in [3.63, 3.8) is 0 Å². The van der Waals surface area contributed by atoms with E-state index >= 15 is 0 Å². The van der Waals surface area contributed by atoms with Gasteiger partial charge in [0.2, 0.25) is 0 Å². The van der Waals surface area contributed by atoms with Crippen LogP contribution in [0, 0.1) is 16.1 Å². The summed E-state index contributed by atoms with van der Waals surface area (Å²) in [5.41, 5.74) is 0.252. The molecule has 1 N–H and O–H groups in total. The van der Waals surface area contributed by atoms with E-state index in [0.717, 1.165) is 6.54 Å². The summed E-state index contributed by atoms with van der Waals surface area (Å²) in [5.74, 6) is 0.629. The van der Waals surface area contributed by atoms with Gasteiger partial charge in [0.1, 0.15) is 6.33 Å². The van der Waals surface area contributed by atoms with E-state index in [2.05, 4.69) is 37.9 Å². The molecular weight excluding hydrogens is 182 g/mol. The molecule has 0 aromatic carbocycles. The fourth-order valence-electron chi connectivity index (χ4n) is 1.00. The van der Waals surface area contributed by atoms with Crippen LogP contribution in [0.3, 0.4) is 0 Å². The highest BCUT2D eigenvalue weighted by molar-refractivity contribution is 7.71. The van der Waals surface area contributed by atoms with Gasteiger partial charge in [0, 0.05) is 6.54 Å². The zero-order valence-electron chi connectivity index (χ0n) is 8.66. The van der Waals surface area contributed by atoms with Crippen molar-refractivity contribution < 1.29 is 0 Å². The van der Waals surface area contributed by atoms with Crippen LogP contribution >= 0.6 is 12.2 Å². The van der Waals surface area contributed by atoms with Crippen molar-refractivity contribution in [1.29, 1.82) is 0 Å². The molecule has 1 aromatic heterocycles. The van der Waals surface area contributed by atoms with E-state index in [-0.39, 0.29) is 5.41 Å². The fourth-order valence-corrected chi connectivity index (χ4v) is 1.17. The van der Waals surface area contributed by atoms with Crippen LogP contribution in [-0.4, -0.2) is 14.8 Å². The minimum Gasteiger partial charge on any atom is -0.306 e. The van der Waals surface area contributed by atoms with Crippen LogP contribution in [0.15, 0.2) is 6.33 Å². The molecule has 0 fully saturated rings. The molecule has 0 aliphatic heterocycles. The lowest BCUT2D eigenvalue weighted by atomic mass is 9.81. The molecule has 0 amide bonds. The standard InChI is InChI=1S/C9H17N3S/c1-7(2)9(3,4)5-12-6-10-11-8(12)13/h6-7H,5H2,1-4H3,(H,11,13). The van der Waals surface area contributed by atoms with E-state index in [9.17, 15) is 0 Å². The highest BCUT2D eigenvalue weighted by Gasteiger charge is 2.22. The Morgan fingerprint density at radius 1 is 1.62 bits per heavy atom. The summed E-state index contributed by atoms with van der Waals surface area (Å²) in [6.45, 7) is 9.85. The molecule has 1 rings (SSSR count). The molecule has 1 aromatic rings. The molecule has 0 spiro atoms. The van der Waals surface area contributed by atoms with E-state index in [1.54, 1.807) is 6.33 Å². The van der Waals surface area contributed by atoms with Crippen molar-refractivity contribution in [1.82, 2.24) is 14.8 Å². The monoisotopic (exact) mass is 199 g/mol. The van der Waals surface area contributed by atoms with Gasteiger partial charge in [-0.2, -0.15) is 5.10 Å². The van der Waals surface area contributed by atoms with E-state index < -0.39 is 0 Å². The molecule has 4 heteroatoms. The minimum absolute atomic E-state index is 0.252. The highest BCUT2D eigenvalue weighted by Crippen LogP contribution is 2.27. The smallest absolute Gasteiger partial charge is 0.194 e. The first-order chi connectivity index (χ1) is 5.93. The summed E-state index contributed by atoms with van der Waals surface area (Å²) in [6, 6.07) is 0. The van der Waals surface area contributed by atoms with Gasteiger partial charge in [-0.1, -0.05) is 27.7 Å². The molecule has 0 aliphatic carbocycles. The molecule has 3 nitrogen and oxygen atoms in total. The van der Waals surface area contributed by atoms with Gasteiger partial charge in [0.25, 0.3) is 0 Å². The van der Waals surface area contributed by atoms with Gasteiger partial charge in [0.15, 0.2) is 4.77 Å². The summed E-state index contributed by atoms with van der Waals surface area (Å²) in [6.07, 6.45) is 1.76. The van der Waals surface area contributed by atoms with Crippen LogP contribution in [0.1, 0.15) is 27.7 Å². The number of nitrogens with zero attached hydrogens (tertiary/aromatic N) is 2. The maximum atomic E-state index is 5.08. The van der Waals surface area contributed by atoms with Gasteiger partial charge < -0.3 is 4.57 Å². The van der Waals surface area contributed by atoms with E-state index in [1.165, 1.54) is 0 Å². The second-order valence-corrected chi connectivity index (χ2v) is 4.82. The maximum Gasteiger partial charge on any atom is 0.194 e. The number of aromatic nitrogens is 3. The largest absolute Gasteiger partial charge is 0.306 e. The SMILES string of the molecule is CC(C)C(C)(C)Cn1cn[nH]c1=S. The third kappa shape index (κ3) is 2.40. The maximum absolute atomic E-state index is 5.08. The Bertz CT molecular complexity index is 322. The summed E-state index contributed by atoms with van der Waals surface area (Å²) in [4.78, 5) is 0. The molecular formula is C9H17N3S. The first-order valence-corrected chi connectivity index (χ1v) is 4.94. The number of hydrogen-bond acceptors (Lipinski definition) is 2. The van der Waals surface area contributed by atoms with E-state index in [4.69, 9.17) is 12.2 Å². The quantitative estimate of drug-likeness (QED) is 0.759. The molecule has 0 aliphatic rings. The summed E-state index contributed by atoms with van der Waals surface area (Å²) in [5, 5.41) is 6.66. The molecule has 0 radical (unpaired) electrons. The lowest BCUT2D eigenvalue weighted by molar-refractivity contribution is 0.209. The Kier molecular flexibility index (Phi) is 2.91. The minimum atomic E-state index is 0.252. The molecule has 0 saturated heterocycles. The summed E-state index contributed by atoms with van der Waals surface area (Å²) in [7, 11) is 0. The third-order valence-electron chi connectivity index (χ3n) is 2.76. The predicted molar refractivity (Wildman–Crippen MR) is 56.0 cm³/mol. The van der Waals surface area contributed by atoms with E-state index in [1.807, 2.05) is 4.57 Å². The van der Waals surface area contributed by atoms with Gasteiger partial charge in [-0.3, -0.25) is 5.10 Å². The van der Waals surface area contributed by atoms with Crippen molar-refractivity contribution in [3.05, 3.63) is 11.1 Å². The van der Waals surface area contributed by atoms with Crippen molar-refractivity contribution >= 4 is 12.2 Å². The van der Waals surface area contributed by atoms with Crippen LogP contribution in [0.5, 0.6) is 0 Å². The topological polar surface area (TPSA) is 33.6 Å². The molecule has 74 valence electrons. The van der Waals surface area contributed by atoms with E-state index in [0.29, 0.717) is 10.7 Å². The first-order valence-electron chi connectivity index (χ1n) is 4.53. The normalized spacial score (nSPS) is 12.4. The Balaban J connectivity index is 2.80. The fraction of sp³-hybridized carbons (Fsp3) is 0.778. The average Bonchev–Trinajstić information content (AvgIpc) is 2.35. The van der Waals surface area contributed by atoms with Crippen LogP contribution in [0.25, 0.3) is 0 Å². The van der Waals surface area contributed by atoms with Crippen LogP contribution in [0.2, 0.25) is 0 Å². The molecule has 0 saturated carbocycles. The zero-order chi connectivity index (χ0) is 10.1. The highest BCUT2D eigenvalue weighted by atomic mass is 32.1. The Hall–Kier alpha value is -0.640. The second kappa shape index (κ2) is 3.62. The number of nitrogens with one attached hydrogen (secondary N) is 1. The van der Waals surface area contributed by atoms with Crippen molar-refractivity contribution in [2.75, 3.05) is 0 Å². The zero-order valence-corrected chi connectivity index (χ0v) is 9.48. The van der Waals surface area contributed by atoms with Crippen LogP contribution in [-0.2, 0) is 6.54 Å². The van der Waals surface area contributed by atoms with Gasteiger partial charge >= 0.3 is 0 Å². The summed E-state index contributed by atoms with van der Waals surface area (Å²) < 4.78 is 2.68. The second-order valence-electron chi connectivity index (χ2n) is 4.43. The van der Waals surface area contributed by atoms with Gasteiger partial charge in [0.05, 0.1) is 0 Å². The Morgan fingerprint density at radius 3 is 2.62 bits per heavy atom. The number of H-pyrrole nitrogens is 1. The number of aromatic amines is 1. The lowest BCUT2D eigenvalue weighted by Gasteiger charge is -2.29. The van der Waals surface area contributed by atoms with Gasteiger partial charge in [-0.25, -0.2) is 0 Å². The number of rotatable bonds is 3. The Labute approximate surface area is 84.2 Å². The third-order valence-corrected chi connectivity index (χ3v) is 3.08. The lowest BCUT2D eigenvalue weighted by Crippen LogP contribution is -2.25. The molecule has 0 bridgehead atoms. The van der Waals surface area contributed by atoms with Crippen molar-refractivity contribution in [2.45, 2.75) is 34.2 Å².